The Morgan fingerprint density at radius 1 is 1.09 bits per heavy atom. The Kier molecular flexibility index (Phi) is 6.01. The minimum Gasteiger partial charge on any atom is -0.363 e. The van der Waals surface area contributed by atoms with E-state index in [-0.39, 0.29) is 23.6 Å². The standard InChI is InChI=1S/C22H17ClF6N4O/c1-11-2-4-12(5-3-11)16-9-18(22(27,28)29)33-19(31-16)10-17(32-33)20(34)30-13-6-7-15(23)14(8-13)21(24,25)26/h2-8,10,16,18,31H,9H2,1H3,(H,30,34)/t16-,18-/m0/s1. The van der Waals surface area contributed by atoms with Crippen LogP contribution in [-0.2, 0) is 6.18 Å². The molecule has 0 aliphatic carbocycles. The molecule has 0 radical (unpaired) electrons. The molecule has 2 heterocycles. The van der Waals surface area contributed by atoms with Crippen molar-refractivity contribution in [1.82, 2.24) is 9.78 Å². The first-order chi connectivity index (χ1) is 15.8. The van der Waals surface area contributed by atoms with Crippen LogP contribution in [0, 0.1) is 6.92 Å². The van der Waals surface area contributed by atoms with Crippen molar-refractivity contribution in [1.29, 1.82) is 0 Å². The molecule has 34 heavy (non-hydrogen) atoms. The molecule has 2 aromatic carbocycles. The smallest absolute Gasteiger partial charge is 0.363 e. The van der Waals surface area contributed by atoms with Crippen molar-refractivity contribution >= 4 is 29.0 Å². The van der Waals surface area contributed by atoms with Crippen molar-refractivity contribution in [3.63, 3.8) is 0 Å². The highest BCUT2D eigenvalue weighted by molar-refractivity contribution is 6.31. The van der Waals surface area contributed by atoms with Crippen molar-refractivity contribution in [2.24, 2.45) is 0 Å². The second kappa shape index (κ2) is 8.53. The molecule has 4 rings (SSSR count). The van der Waals surface area contributed by atoms with Crippen LogP contribution in [0.25, 0.3) is 0 Å². The molecule has 2 N–H and O–H groups in total. The highest BCUT2D eigenvalue weighted by Gasteiger charge is 2.46. The van der Waals surface area contributed by atoms with Gasteiger partial charge in [-0.2, -0.15) is 31.4 Å². The molecule has 0 spiro atoms. The average Bonchev–Trinajstić information content (AvgIpc) is 3.17. The van der Waals surface area contributed by atoms with E-state index in [9.17, 15) is 31.1 Å². The summed E-state index contributed by atoms with van der Waals surface area (Å²) in [7, 11) is 0. The first-order valence-electron chi connectivity index (χ1n) is 10.0. The van der Waals surface area contributed by atoms with Gasteiger partial charge in [0.15, 0.2) is 11.7 Å². The van der Waals surface area contributed by atoms with Crippen molar-refractivity contribution in [2.45, 2.75) is 37.8 Å². The minimum absolute atomic E-state index is 0.0311. The maximum Gasteiger partial charge on any atom is 0.417 e. The number of hydrogen-bond acceptors (Lipinski definition) is 3. The summed E-state index contributed by atoms with van der Waals surface area (Å²) in [6, 6.07) is 8.22. The van der Waals surface area contributed by atoms with Crippen LogP contribution < -0.4 is 10.6 Å². The van der Waals surface area contributed by atoms with Crippen molar-refractivity contribution in [2.75, 3.05) is 10.6 Å². The SMILES string of the molecule is Cc1ccc([C@@H]2C[C@@H](C(F)(F)F)n3nc(C(=O)Nc4ccc(Cl)c(C(F)(F)F)c4)cc3N2)cc1. The van der Waals surface area contributed by atoms with Crippen LogP contribution in [-0.4, -0.2) is 21.9 Å². The summed E-state index contributed by atoms with van der Waals surface area (Å²) in [6.45, 7) is 1.86. The fourth-order valence-electron chi connectivity index (χ4n) is 3.72. The number of amides is 1. The predicted octanol–water partition coefficient (Wildman–Crippen LogP) is 6.78. The molecular formula is C22H17ClF6N4O. The number of carbonyl (C=O) groups is 1. The van der Waals surface area contributed by atoms with E-state index < -0.39 is 40.9 Å². The summed E-state index contributed by atoms with van der Waals surface area (Å²) in [5.74, 6) is -0.997. The summed E-state index contributed by atoms with van der Waals surface area (Å²) in [5.41, 5.74) is -0.183. The number of alkyl halides is 6. The van der Waals surface area contributed by atoms with Gasteiger partial charge in [-0.25, -0.2) is 4.68 Å². The Hall–Kier alpha value is -3.21. The van der Waals surface area contributed by atoms with Crippen LogP contribution in [0.1, 0.15) is 45.7 Å². The number of aromatic nitrogens is 2. The van der Waals surface area contributed by atoms with Crippen LogP contribution in [0.5, 0.6) is 0 Å². The van der Waals surface area contributed by atoms with Gasteiger partial charge in [0, 0.05) is 18.2 Å². The van der Waals surface area contributed by atoms with E-state index in [1.54, 1.807) is 24.3 Å². The predicted molar refractivity (Wildman–Crippen MR) is 114 cm³/mol. The number of rotatable bonds is 3. The molecule has 1 aromatic heterocycles. The lowest BCUT2D eigenvalue weighted by Gasteiger charge is -2.33. The Bertz CT molecular complexity index is 1220. The van der Waals surface area contributed by atoms with Gasteiger partial charge in [-0.15, -0.1) is 0 Å². The molecule has 1 aliphatic rings. The van der Waals surface area contributed by atoms with Gasteiger partial charge in [-0.05, 0) is 30.7 Å². The van der Waals surface area contributed by atoms with E-state index in [0.717, 1.165) is 23.8 Å². The number of benzene rings is 2. The monoisotopic (exact) mass is 502 g/mol. The molecule has 0 saturated carbocycles. The highest BCUT2D eigenvalue weighted by Crippen LogP contribution is 2.43. The molecule has 180 valence electrons. The summed E-state index contributed by atoms with van der Waals surface area (Å²) in [6.07, 6.45) is -9.74. The summed E-state index contributed by atoms with van der Waals surface area (Å²) >= 11 is 5.57. The normalized spacial score (nSPS) is 18.2. The van der Waals surface area contributed by atoms with Gasteiger partial charge in [0.1, 0.15) is 5.82 Å². The van der Waals surface area contributed by atoms with Gasteiger partial charge in [-0.3, -0.25) is 4.79 Å². The number of aryl methyl sites for hydroxylation is 1. The second-order valence-corrected chi connectivity index (χ2v) is 8.31. The third-order valence-electron chi connectivity index (χ3n) is 5.43. The van der Waals surface area contributed by atoms with Crippen LogP contribution >= 0.6 is 11.6 Å². The second-order valence-electron chi connectivity index (χ2n) is 7.91. The van der Waals surface area contributed by atoms with Crippen molar-refractivity contribution in [3.8, 4) is 0 Å². The van der Waals surface area contributed by atoms with Crippen LogP contribution in [0.3, 0.4) is 0 Å². The molecule has 0 bridgehead atoms. The summed E-state index contributed by atoms with van der Waals surface area (Å²) < 4.78 is 81.3. The van der Waals surface area contributed by atoms with Gasteiger partial charge in [0.2, 0.25) is 0 Å². The average molecular weight is 503 g/mol. The zero-order chi connectivity index (χ0) is 24.8. The van der Waals surface area contributed by atoms with Gasteiger partial charge in [0.25, 0.3) is 5.91 Å². The number of anilines is 2. The van der Waals surface area contributed by atoms with Crippen molar-refractivity contribution < 1.29 is 31.1 Å². The number of carbonyl (C=O) groups excluding carboxylic acids is 1. The zero-order valence-corrected chi connectivity index (χ0v) is 18.2. The third kappa shape index (κ3) is 4.84. The Morgan fingerprint density at radius 3 is 2.38 bits per heavy atom. The third-order valence-corrected chi connectivity index (χ3v) is 5.76. The van der Waals surface area contributed by atoms with E-state index in [2.05, 4.69) is 15.7 Å². The molecule has 3 aromatic rings. The largest absolute Gasteiger partial charge is 0.417 e. The fourth-order valence-corrected chi connectivity index (χ4v) is 3.94. The maximum absolute atomic E-state index is 13.8. The first-order valence-corrected chi connectivity index (χ1v) is 10.4. The lowest BCUT2D eigenvalue weighted by atomic mass is 9.96. The fraction of sp³-hybridized carbons (Fsp3) is 0.273. The van der Waals surface area contributed by atoms with E-state index in [0.29, 0.717) is 16.3 Å². The summed E-state index contributed by atoms with van der Waals surface area (Å²) in [5, 5.41) is 8.44. The van der Waals surface area contributed by atoms with Gasteiger partial charge in [0.05, 0.1) is 16.6 Å². The molecule has 12 heteroatoms. The molecule has 0 unspecified atom stereocenters. The molecule has 2 atom stereocenters. The molecule has 5 nitrogen and oxygen atoms in total. The quantitative estimate of drug-likeness (QED) is 0.388. The van der Waals surface area contributed by atoms with Crippen molar-refractivity contribution in [3.05, 3.63) is 75.9 Å². The number of nitrogens with zero attached hydrogens (tertiary/aromatic N) is 2. The molecule has 1 aliphatic heterocycles. The highest BCUT2D eigenvalue weighted by atomic mass is 35.5. The molecule has 0 fully saturated rings. The molecular weight excluding hydrogens is 486 g/mol. The number of fused-ring (bicyclic) bond motifs is 1. The Balaban J connectivity index is 1.63. The van der Waals surface area contributed by atoms with E-state index >= 15 is 0 Å². The number of halogens is 7. The van der Waals surface area contributed by atoms with Gasteiger partial charge >= 0.3 is 12.4 Å². The van der Waals surface area contributed by atoms with Gasteiger partial charge in [-0.1, -0.05) is 41.4 Å². The van der Waals surface area contributed by atoms with E-state index in [4.69, 9.17) is 11.6 Å². The van der Waals surface area contributed by atoms with Crippen LogP contribution in [0.2, 0.25) is 5.02 Å². The summed E-state index contributed by atoms with van der Waals surface area (Å²) in [4.78, 5) is 12.6. The minimum atomic E-state index is -4.75. The number of hydrogen-bond donors (Lipinski definition) is 2. The first kappa shape index (κ1) is 23.9. The van der Waals surface area contributed by atoms with E-state index in [1.807, 2.05) is 6.92 Å². The Morgan fingerprint density at radius 2 is 1.76 bits per heavy atom. The maximum atomic E-state index is 13.8. The lowest BCUT2D eigenvalue weighted by molar-refractivity contribution is -0.173. The van der Waals surface area contributed by atoms with Crippen LogP contribution in [0.4, 0.5) is 37.8 Å². The van der Waals surface area contributed by atoms with Gasteiger partial charge < -0.3 is 10.6 Å². The molecule has 0 saturated heterocycles. The number of nitrogens with one attached hydrogen (secondary N) is 2. The topological polar surface area (TPSA) is 59.0 Å². The molecule has 1 amide bonds. The lowest BCUT2D eigenvalue weighted by Crippen LogP contribution is -2.35. The van der Waals surface area contributed by atoms with E-state index in [1.165, 1.54) is 0 Å². The zero-order valence-electron chi connectivity index (χ0n) is 17.4. The Labute approximate surface area is 194 Å². The van der Waals surface area contributed by atoms with Crippen LogP contribution in [0.15, 0.2) is 48.5 Å².